The summed E-state index contributed by atoms with van der Waals surface area (Å²) in [7, 11) is 0. The van der Waals surface area contributed by atoms with Gasteiger partial charge in [-0.1, -0.05) is 6.08 Å². The summed E-state index contributed by atoms with van der Waals surface area (Å²) >= 11 is 1.37. The van der Waals surface area contributed by atoms with Gasteiger partial charge in [-0.2, -0.15) is 5.10 Å². The lowest BCUT2D eigenvalue weighted by Gasteiger charge is -2.18. The summed E-state index contributed by atoms with van der Waals surface area (Å²) in [5.74, 6) is 1.12. The molecule has 1 heterocycles. The minimum atomic E-state index is -0.292. The normalized spacial score (nSPS) is 11.0. The molecule has 0 aliphatic rings. The zero-order valence-electron chi connectivity index (χ0n) is 17.9. The molecule has 1 N–H and O–H groups in total. The Kier molecular flexibility index (Phi) is 9.34. The first-order valence-corrected chi connectivity index (χ1v) is 10.8. The van der Waals surface area contributed by atoms with Crippen LogP contribution < -0.4 is 14.9 Å². The molecule has 30 heavy (non-hydrogen) atoms. The van der Waals surface area contributed by atoms with Crippen molar-refractivity contribution in [1.29, 1.82) is 0 Å². The highest BCUT2D eigenvalue weighted by atomic mass is 32.1. The summed E-state index contributed by atoms with van der Waals surface area (Å²) in [5, 5.41) is 6.67. The molecule has 0 unspecified atom stereocenters. The van der Waals surface area contributed by atoms with Crippen molar-refractivity contribution < 1.29 is 19.0 Å². The number of nitrogens with zero attached hydrogens (tertiary/aromatic N) is 2. The minimum absolute atomic E-state index is 0.0302. The Bertz CT molecular complexity index is 877. The van der Waals surface area contributed by atoms with Gasteiger partial charge in [-0.05, 0) is 51.8 Å². The van der Waals surface area contributed by atoms with Crippen molar-refractivity contribution in [3.63, 3.8) is 0 Å². The molecule has 0 aliphatic heterocycles. The van der Waals surface area contributed by atoms with Crippen molar-refractivity contribution in [2.24, 2.45) is 5.10 Å². The Morgan fingerprint density at radius 2 is 2.13 bits per heavy atom. The fourth-order valence-electron chi connectivity index (χ4n) is 2.66. The van der Waals surface area contributed by atoms with Crippen molar-refractivity contribution in [2.75, 3.05) is 18.6 Å². The van der Waals surface area contributed by atoms with Gasteiger partial charge >= 0.3 is 5.97 Å². The highest BCUT2D eigenvalue weighted by molar-refractivity contribution is 7.13. The molecule has 2 rings (SSSR count). The molecular formula is C22H29N3O4S. The van der Waals surface area contributed by atoms with Gasteiger partial charge in [-0.25, -0.2) is 4.98 Å². The van der Waals surface area contributed by atoms with Crippen molar-refractivity contribution >= 4 is 28.7 Å². The summed E-state index contributed by atoms with van der Waals surface area (Å²) < 4.78 is 16.7. The number of hydrogen-bond donors (Lipinski definition) is 1. The van der Waals surface area contributed by atoms with E-state index in [0.29, 0.717) is 36.2 Å². The Morgan fingerprint density at radius 1 is 1.33 bits per heavy atom. The molecule has 162 valence electrons. The van der Waals surface area contributed by atoms with Gasteiger partial charge < -0.3 is 14.2 Å². The molecular weight excluding hydrogens is 402 g/mol. The smallest absolute Gasteiger partial charge is 0.311 e. The van der Waals surface area contributed by atoms with Gasteiger partial charge in [-0.15, -0.1) is 17.9 Å². The van der Waals surface area contributed by atoms with Gasteiger partial charge in [0.2, 0.25) is 5.13 Å². The summed E-state index contributed by atoms with van der Waals surface area (Å²) in [5.41, 5.74) is 5.40. The Morgan fingerprint density at radius 3 is 2.80 bits per heavy atom. The predicted molar refractivity (Wildman–Crippen MR) is 121 cm³/mol. The monoisotopic (exact) mass is 431 g/mol. The van der Waals surface area contributed by atoms with Gasteiger partial charge in [0, 0.05) is 10.9 Å². The van der Waals surface area contributed by atoms with Gasteiger partial charge in [-0.3, -0.25) is 10.2 Å². The number of aromatic nitrogens is 1. The van der Waals surface area contributed by atoms with E-state index in [1.807, 2.05) is 44.4 Å². The number of hydrazone groups is 1. The number of esters is 1. The summed E-state index contributed by atoms with van der Waals surface area (Å²) in [4.78, 5) is 15.9. The van der Waals surface area contributed by atoms with Crippen LogP contribution in [0.2, 0.25) is 0 Å². The summed E-state index contributed by atoms with van der Waals surface area (Å²) in [6.07, 6.45) is 4.36. The number of allylic oxidation sites excluding steroid dienone is 1. The molecule has 1 aromatic heterocycles. The molecule has 0 saturated carbocycles. The van der Waals surface area contributed by atoms with Crippen molar-refractivity contribution in [2.45, 2.75) is 46.6 Å². The molecule has 0 atom stereocenters. The summed E-state index contributed by atoms with van der Waals surface area (Å²) in [6.45, 7) is 12.4. The zero-order chi connectivity index (χ0) is 21.9. The molecule has 0 amide bonds. The van der Waals surface area contributed by atoms with E-state index in [2.05, 4.69) is 22.1 Å². The molecule has 0 fully saturated rings. The van der Waals surface area contributed by atoms with E-state index in [9.17, 15) is 4.79 Å². The van der Waals surface area contributed by atoms with E-state index in [0.717, 1.165) is 16.9 Å². The average molecular weight is 432 g/mol. The molecule has 8 heteroatoms. The molecule has 0 bridgehead atoms. The van der Waals surface area contributed by atoms with E-state index in [1.165, 1.54) is 11.3 Å². The van der Waals surface area contributed by atoms with E-state index in [-0.39, 0.29) is 18.5 Å². The molecule has 0 aliphatic carbocycles. The maximum absolute atomic E-state index is 11.5. The first-order chi connectivity index (χ1) is 14.5. The van der Waals surface area contributed by atoms with E-state index in [4.69, 9.17) is 14.2 Å². The maximum atomic E-state index is 11.5. The third-order valence-corrected chi connectivity index (χ3v) is 4.52. The van der Waals surface area contributed by atoms with E-state index < -0.39 is 0 Å². The number of benzene rings is 1. The predicted octanol–water partition coefficient (Wildman–Crippen LogP) is 4.61. The Balaban J connectivity index is 2.15. The first kappa shape index (κ1) is 23.4. The fraction of sp³-hybridized carbons (Fsp3) is 0.409. The average Bonchev–Trinajstić information content (AvgIpc) is 3.12. The lowest BCUT2D eigenvalue weighted by molar-refractivity contribution is -0.142. The van der Waals surface area contributed by atoms with Crippen LogP contribution in [0.15, 0.2) is 35.3 Å². The van der Waals surface area contributed by atoms with E-state index in [1.54, 1.807) is 13.1 Å². The number of rotatable bonds is 12. The van der Waals surface area contributed by atoms with Crippen LogP contribution in [-0.2, 0) is 22.4 Å². The van der Waals surface area contributed by atoms with E-state index >= 15 is 0 Å². The van der Waals surface area contributed by atoms with Crippen LogP contribution in [0.1, 0.15) is 44.5 Å². The molecule has 0 spiro atoms. The standard InChI is InChI=1S/C22H29N3O4S/c1-6-9-17-10-16(11-19(27-7-2)21(17)29-15(4)5)13-23-25-22-24-18(14-30-22)12-20(26)28-8-3/h6,10-11,13-15H,1,7-9,12H2,2-5H3,(H,24,25). The third-order valence-electron chi connectivity index (χ3n) is 3.73. The number of ether oxygens (including phenoxy) is 3. The first-order valence-electron chi connectivity index (χ1n) is 9.93. The number of carbonyl (C=O) groups is 1. The molecule has 0 radical (unpaired) electrons. The number of anilines is 1. The highest BCUT2D eigenvalue weighted by Crippen LogP contribution is 2.34. The highest BCUT2D eigenvalue weighted by Gasteiger charge is 2.14. The topological polar surface area (TPSA) is 82.0 Å². The van der Waals surface area contributed by atoms with Crippen LogP contribution in [0.3, 0.4) is 0 Å². The minimum Gasteiger partial charge on any atom is -0.490 e. The second kappa shape index (κ2) is 12.0. The number of nitrogens with one attached hydrogen (secondary N) is 1. The maximum Gasteiger partial charge on any atom is 0.311 e. The SMILES string of the molecule is C=CCc1cc(C=NNc2nc(CC(=O)OCC)cs2)cc(OCC)c1OC(C)C. The van der Waals surface area contributed by atoms with Gasteiger partial charge in [0.25, 0.3) is 0 Å². The van der Waals surface area contributed by atoms with Gasteiger partial charge in [0.05, 0.1) is 37.6 Å². The lowest BCUT2D eigenvalue weighted by atomic mass is 10.1. The molecule has 0 saturated heterocycles. The number of thiazole rings is 1. The number of carbonyl (C=O) groups excluding carboxylic acids is 1. The second-order valence-corrected chi connectivity index (χ2v) is 7.45. The third kappa shape index (κ3) is 7.18. The van der Waals surface area contributed by atoms with Crippen molar-refractivity contribution in [3.05, 3.63) is 47.0 Å². The summed E-state index contributed by atoms with van der Waals surface area (Å²) in [6, 6.07) is 3.90. The van der Waals surface area contributed by atoms with Gasteiger partial charge in [0.1, 0.15) is 0 Å². The number of hydrogen-bond acceptors (Lipinski definition) is 8. The van der Waals surface area contributed by atoms with Crippen LogP contribution in [0, 0.1) is 0 Å². The lowest BCUT2D eigenvalue weighted by Crippen LogP contribution is -2.10. The quantitative estimate of drug-likeness (QED) is 0.229. The molecule has 1 aromatic carbocycles. The van der Waals surface area contributed by atoms with Crippen molar-refractivity contribution in [3.8, 4) is 11.5 Å². The Labute approximate surface area is 181 Å². The molecule has 2 aromatic rings. The largest absolute Gasteiger partial charge is 0.490 e. The van der Waals surface area contributed by atoms with Crippen LogP contribution in [0.5, 0.6) is 11.5 Å². The van der Waals surface area contributed by atoms with Crippen LogP contribution >= 0.6 is 11.3 Å². The van der Waals surface area contributed by atoms with Crippen molar-refractivity contribution in [1.82, 2.24) is 4.98 Å². The van der Waals surface area contributed by atoms with Crippen LogP contribution in [-0.4, -0.2) is 36.5 Å². The van der Waals surface area contributed by atoms with Crippen LogP contribution in [0.25, 0.3) is 0 Å². The fourth-order valence-corrected chi connectivity index (χ4v) is 3.32. The Hall–Kier alpha value is -2.87. The molecule has 7 nitrogen and oxygen atoms in total. The zero-order valence-corrected chi connectivity index (χ0v) is 18.8. The van der Waals surface area contributed by atoms with Gasteiger partial charge in [0.15, 0.2) is 11.5 Å². The second-order valence-electron chi connectivity index (χ2n) is 6.60. The van der Waals surface area contributed by atoms with Crippen LogP contribution in [0.4, 0.5) is 5.13 Å².